The summed E-state index contributed by atoms with van der Waals surface area (Å²) in [6, 6.07) is 8.38. The number of hydrogen-bond acceptors (Lipinski definition) is 4. The summed E-state index contributed by atoms with van der Waals surface area (Å²) in [5.74, 6) is 0.846. The number of amides is 2. The first-order chi connectivity index (χ1) is 14.2. The predicted molar refractivity (Wildman–Crippen MR) is 111 cm³/mol. The lowest BCUT2D eigenvalue weighted by atomic mass is 9.83. The Labute approximate surface area is 170 Å². The Morgan fingerprint density at radius 3 is 2.97 bits per heavy atom. The minimum Gasteiger partial charge on any atom is -0.355 e. The van der Waals surface area contributed by atoms with Crippen LogP contribution in [-0.4, -0.2) is 59.1 Å². The van der Waals surface area contributed by atoms with E-state index in [-0.39, 0.29) is 24.2 Å². The molecule has 3 aliphatic rings. The molecule has 5 rings (SSSR count). The zero-order valence-corrected chi connectivity index (χ0v) is 16.8. The van der Waals surface area contributed by atoms with E-state index >= 15 is 0 Å². The van der Waals surface area contributed by atoms with Crippen molar-refractivity contribution in [2.75, 3.05) is 31.1 Å². The highest BCUT2D eigenvalue weighted by Crippen LogP contribution is 2.32. The van der Waals surface area contributed by atoms with Gasteiger partial charge in [-0.25, -0.2) is 0 Å². The molecule has 0 spiro atoms. The van der Waals surface area contributed by atoms with Crippen LogP contribution in [0.3, 0.4) is 0 Å². The number of para-hydroxylation sites is 1. The molecule has 3 aliphatic heterocycles. The topological polar surface area (TPSA) is 81.3 Å². The first-order valence-corrected chi connectivity index (χ1v) is 11.0. The molecule has 0 bridgehead atoms. The van der Waals surface area contributed by atoms with Gasteiger partial charge in [0, 0.05) is 30.9 Å². The zero-order chi connectivity index (χ0) is 19.8. The minimum absolute atomic E-state index is 0.00799. The molecule has 7 heteroatoms. The van der Waals surface area contributed by atoms with Crippen LogP contribution in [0.4, 0.5) is 5.82 Å². The maximum atomic E-state index is 12.8. The van der Waals surface area contributed by atoms with Gasteiger partial charge >= 0.3 is 0 Å². The van der Waals surface area contributed by atoms with Crippen molar-refractivity contribution >= 4 is 28.5 Å². The Bertz CT molecular complexity index is 907. The van der Waals surface area contributed by atoms with Crippen LogP contribution in [0.25, 0.3) is 10.9 Å². The standard InChI is InChI=1S/C22H29N5O2/c28-20-12-16(14-27(20)21-17-7-1-2-8-18(17)24-25-21)22(29)23-13-15-6-5-11-26-10-4-3-9-19(15)26/h1-2,7-8,15-16,19H,3-6,9-14H2,(H,23,29)(H,24,25)/t15-,16-,19-/m1/s1. The predicted octanol–water partition coefficient (Wildman–Crippen LogP) is 2.30. The Balaban J connectivity index is 1.21. The minimum atomic E-state index is -0.302. The lowest BCUT2D eigenvalue weighted by Crippen LogP contribution is -2.51. The summed E-state index contributed by atoms with van der Waals surface area (Å²) in [6.07, 6.45) is 6.53. The van der Waals surface area contributed by atoms with Gasteiger partial charge in [-0.15, -0.1) is 0 Å². The van der Waals surface area contributed by atoms with Crippen LogP contribution in [0.1, 0.15) is 38.5 Å². The van der Waals surface area contributed by atoms with E-state index in [0.717, 1.165) is 17.4 Å². The quantitative estimate of drug-likeness (QED) is 0.832. The fraction of sp³-hybridized carbons (Fsp3) is 0.591. The summed E-state index contributed by atoms with van der Waals surface area (Å²) < 4.78 is 0. The fourth-order valence-electron chi connectivity index (χ4n) is 5.43. The zero-order valence-electron chi connectivity index (χ0n) is 16.8. The Morgan fingerprint density at radius 2 is 2.03 bits per heavy atom. The molecule has 0 radical (unpaired) electrons. The molecule has 4 heterocycles. The third kappa shape index (κ3) is 3.52. The molecule has 29 heavy (non-hydrogen) atoms. The number of hydrogen-bond donors (Lipinski definition) is 2. The van der Waals surface area contributed by atoms with E-state index in [9.17, 15) is 9.59 Å². The SMILES string of the molecule is O=C(NC[C@H]1CCCN2CCCC[C@H]12)[C@@H]1CC(=O)N(c2n[nH]c3ccccc23)C1. The van der Waals surface area contributed by atoms with Crippen LogP contribution in [-0.2, 0) is 9.59 Å². The maximum Gasteiger partial charge on any atom is 0.229 e. The van der Waals surface area contributed by atoms with E-state index < -0.39 is 0 Å². The summed E-state index contributed by atoms with van der Waals surface area (Å²) in [4.78, 5) is 29.7. The van der Waals surface area contributed by atoms with Crippen LogP contribution in [0.15, 0.2) is 24.3 Å². The normalized spacial score (nSPS) is 27.9. The molecule has 1 aromatic heterocycles. The van der Waals surface area contributed by atoms with Crippen LogP contribution < -0.4 is 10.2 Å². The molecular formula is C22H29N5O2. The largest absolute Gasteiger partial charge is 0.355 e. The monoisotopic (exact) mass is 395 g/mol. The number of H-pyrrole nitrogens is 1. The number of carbonyl (C=O) groups is 2. The lowest BCUT2D eigenvalue weighted by Gasteiger charge is -2.44. The molecule has 1 aromatic carbocycles. The first kappa shape index (κ1) is 18.6. The molecule has 2 N–H and O–H groups in total. The molecule has 0 unspecified atom stereocenters. The van der Waals surface area contributed by atoms with Gasteiger partial charge in [0.2, 0.25) is 11.8 Å². The number of aromatic amines is 1. The van der Waals surface area contributed by atoms with E-state index in [4.69, 9.17) is 0 Å². The van der Waals surface area contributed by atoms with Crippen molar-refractivity contribution in [1.82, 2.24) is 20.4 Å². The second-order valence-electron chi connectivity index (χ2n) is 8.74. The van der Waals surface area contributed by atoms with E-state index in [1.807, 2.05) is 24.3 Å². The van der Waals surface area contributed by atoms with Crippen LogP contribution in [0.5, 0.6) is 0 Å². The molecule has 3 atom stereocenters. The molecule has 7 nitrogen and oxygen atoms in total. The Kier molecular flexibility index (Phi) is 4.99. The van der Waals surface area contributed by atoms with Gasteiger partial charge in [0.15, 0.2) is 5.82 Å². The van der Waals surface area contributed by atoms with Gasteiger partial charge in [0.1, 0.15) is 0 Å². The van der Waals surface area contributed by atoms with Crippen LogP contribution in [0, 0.1) is 11.8 Å². The van der Waals surface area contributed by atoms with E-state index in [0.29, 0.717) is 24.3 Å². The van der Waals surface area contributed by atoms with Crippen LogP contribution >= 0.6 is 0 Å². The van der Waals surface area contributed by atoms with Crippen molar-refractivity contribution in [3.8, 4) is 0 Å². The average molecular weight is 396 g/mol. The number of benzene rings is 1. The van der Waals surface area contributed by atoms with Gasteiger partial charge < -0.3 is 10.2 Å². The van der Waals surface area contributed by atoms with Crippen molar-refractivity contribution in [2.24, 2.45) is 11.8 Å². The number of fused-ring (bicyclic) bond motifs is 2. The molecule has 3 saturated heterocycles. The van der Waals surface area contributed by atoms with Crippen molar-refractivity contribution < 1.29 is 9.59 Å². The highest BCUT2D eigenvalue weighted by Gasteiger charge is 2.38. The Hall–Kier alpha value is -2.41. The van der Waals surface area contributed by atoms with Gasteiger partial charge in [-0.2, -0.15) is 5.10 Å². The number of nitrogens with one attached hydrogen (secondary N) is 2. The van der Waals surface area contributed by atoms with E-state index in [1.165, 1.54) is 45.2 Å². The second kappa shape index (κ2) is 7.78. The van der Waals surface area contributed by atoms with Crippen molar-refractivity contribution in [3.05, 3.63) is 24.3 Å². The molecule has 3 fully saturated rings. The Morgan fingerprint density at radius 1 is 1.17 bits per heavy atom. The van der Waals surface area contributed by atoms with Gasteiger partial charge in [0.05, 0.1) is 11.4 Å². The molecule has 2 amide bonds. The maximum absolute atomic E-state index is 12.8. The number of rotatable bonds is 4. The third-order valence-corrected chi connectivity index (χ3v) is 6.97. The summed E-state index contributed by atoms with van der Waals surface area (Å²) >= 11 is 0. The molecule has 154 valence electrons. The summed E-state index contributed by atoms with van der Waals surface area (Å²) in [5, 5.41) is 11.4. The fourth-order valence-corrected chi connectivity index (χ4v) is 5.43. The molecular weight excluding hydrogens is 366 g/mol. The number of piperidine rings is 2. The third-order valence-electron chi connectivity index (χ3n) is 6.97. The highest BCUT2D eigenvalue weighted by molar-refractivity contribution is 6.05. The lowest BCUT2D eigenvalue weighted by molar-refractivity contribution is -0.126. The van der Waals surface area contributed by atoms with Crippen molar-refractivity contribution in [1.29, 1.82) is 0 Å². The number of carbonyl (C=O) groups excluding carboxylic acids is 2. The van der Waals surface area contributed by atoms with E-state index in [2.05, 4.69) is 20.4 Å². The van der Waals surface area contributed by atoms with Gasteiger partial charge in [-0.3, -0.25) is 19.6 Å². The van der Waals surface area contributed by atoms with Crippen molar-refractivity contribution in [2.45, 2.75) is 44.6 Å². The smallest absolute Gasteiger partial charge is 0.229 e. The summed E-state index contributed by atoms with van der Waals surface area (Å²) in [5.41, 5.74) is 0.900. The first-order valence-electron chi connectivity index (χ1n) is 11.0. The van der Waals surface area contributed by atoms with Gasteiger partial charge in [-0.05, 0) is 56.8 Å². The summed E-state index contributed by atoms with van der Waals surface area (Å²) in [7, 11) is 0. The second-order valence-corrected chi connectivity index (χ2v) is 8.74. The highest BCUT2D eigenvalue weighted by atomic mass is 16.2. The van der Waals surface area contributed by atoms with Gasteiger partial charge in [-0.1, -0.05) is 18.6 Å². The van der Waals surface area contributed by atoms with Gasteiger partial charge in [0.25, 0.3) is 0 Å². The van der Waals surface area contributed by atoms with E-state index in [1.54, 1.807) is 4.90 Å². The van der Waals surface area contributed by atoms with Crippen LogP contribution in [0.2, 0.25) is 0 Å². The number of nitrogens with zero attached hydrogens (tertiary/aromatic N) is 3. The molecule has 2 aromatic rings. The van der Waals surface area contributed by atoms with Crippen molar-refractivity contribution in [3.63, 3.8) is 0 Å². The number of aromatic nitrogens is 2. The average Bonchev–Trinajstić information content (AvgIpc) is 3.35. The molecule has 0 saturated carbocycles. The summed E-state index contributed by atoms with van der Waals surface area (Å²) in [6.45, 7) is 3.55. The molecule has 0 aliphatic carbocycles. The number of anilines is 1.